The maximum Gasteiger partial charge on any atom is -0.00483 e. The first-order valence-corrected chi connectivity index (χ1v) is 4.55. The molecule has 0 aromatic heterocycles. The molecule has 0 amide bonds. The molecule has 0 spiro atoms. The van der Waals surface area contributed by atoms with E-state index in [9.17, 15) is 0 Å². The van der Waals surface area contributed by atoms with Crippen molar-refractivity contribution in [3.8, 4) is 0 Å². The molecule has 0 aliphatic heterocycles. The van der Waals surface area contributed by atoms with Crippen LogP contribution in [0.4, 0.5) is 0 Å². The summed E-state index contributed by atoms with van der Waals surface area (Å²) in [5, 5.41) is 0. The third-order valence-electron chi connectivity index (χ3n) is 2.04. The Hall–Kier alpha value is -0.820. The van der Waals surface area contributed by atoms with Gasteiger partial charge in [0.2, 0.25) is 0 Å². The second kappa shape index (κ2) is 4.94. The lowest BCUT2D eigenvalue weighted by molar-refractivity contribution is 0.595. The average Bonchev–Trinajstić information content (AvgIpc) is 2.33. The lowest BCUT2D eigenvalue weighted by Crippen LogP contribution is -2.10. The topological polar surface area (TPSA) is 26.0 Å². The second-order valence-corrected chi connectivity index (χ2v) is 3.35. The highest BCUT2D eigenvalue weighted by Crippen LogP contribution is 2.14. The summed E-state index contributed by atoms with van der Waals surface area (Å²) in [6.45, 7) is 2.96. The van der Waals surface area contributed by atoms with E-state index < -0.39 is 0 Å². The molecule has 1 unspecified atom stereocenters. The highest BCUT2D eigenvalue weighted by atomic mass is 14.5. The molecule has 12 heavy (non-hydrogen) atoms. The summed E-state index contributed by atoms with van der Waals surface area (Å²) >= 11 is 0. The predicted octanol–water partition coefficient (Wildman–Crippen LogP) is 2.41. The Morgan fingerprint density at radius 2 is 2.33 bits per heavy atom. The zero-order valence-electron chi connectivity index (χ0n) is 7.66. The normalized spacial score (nSPS) is 18.7. The zero-order valence-corrected chi connectivity index (χ0v) is 7.66. The van der Waals surface area contributed by atoms with Crippen LogP contribution in [0.3, 0.4) is 0 Å². The molecule has 1 heteroatoms. The molecule has 0 bridgehead atoms. The number of allylic oxidation sites excluding steroid dienone is 6. The molecule has 0 radical (unpaired) electrons. The lowest BCUT2D eigenvalue weighted by Gasteiger charge is -2.07. The van der Waals surface area contributed by atoms with E-state index in [1.165, 1.54) is 5.57 Å². The maximum absolute atomic E-state index is 5.56. The minimum absolute atomic E-state index is 0.590. The van der Waals surface area contributed by atoms with Crippen LogP contribution in [0.5, 0.6) is 0 Å². The van der Waals surface area contributed by atoms with Gasteiger partial charge in [0.05, 0.1) is 0 Å². The van der Waals surface area contributed by atoms with Gasteiger partial charge in [-0.2, -0.15) is 0 Å². The Balaban J connectivity index is 2.50. The molecule has 0 heterocycles. The van der Waals surface area contributed by atoms with Crippen LogP contribution in [-0.4, -0.2) is 6.54 Å². The molecule has 1 nitrogen and oxygen atoms in total. The van der Waals surface area contributed by atoms with Gasteiger partial charge in [-0.15, -0.1) is 0 Å². The number of hydrogen-bond acceptors (Lipinski definition) is 1. The summed E-state index contributed by atoms with van der Waals surface area (Å²) in [6, 6.07) is 0. The van der Waals surface area contributed by atoms with Gasteiger partial charge in [-0.1, -0.05) is 37.3 Å². The highest BCUT2D eigenvalue weighted by molar-refractivity contribution is 5.27. The zero-order chi connectivity index (χ0) is 8.81. The van der Waals surface area contributed by atoms with Gasteiger partial charge in [-0.3, -0.25) is 0 Å². The lowest BCUT2D eigenvalue weighted by atomic mass is 10.0. The molecule has 1 rings (SSSR count). The first kappa shape index (κ1) is 9.27. The van der Waals surface area contributed by atoms with Gasteiger partial charge >= 0.3 is 0 Å². The van der Waals surface area contributed by atoms with Gasteiger partial charge in [0.25, 0.3) is 0 Å². The van der Waals surface area contributed by atoms with E-state index in [4.69, 9.17) is 5.73 Å². The largest absolute Gasteiger partial charge is 0.330 e. The molecular formula is C11H17N. The molecule has 2 N–H and O–H groups in total. The van der Waals surface area contributed by atoms with E-state index in [2.05, 4.69) is 37.3 Å². The third-order valence-corrected chi connectivity index (χ3v) is 2.04. The molecule has 0 aromatic rings. The first-order valence-electron chi connectivity index (χ1n) is 4.55. The summed E-state index contributed by atoms with van der Waals surface area (Å²) in [4.78, 5) is 0. The molecule has 0 aromatic carbocycles. The molecule has 1 atom stereocenters. The van der Waals surface area contributed by atoms with Crippen molar-refractivity contribution < 1.29 is 0 Å². The van der Waals surface area contributed by atoms with Crippen LogP contribution < -0.4 is 5.73 Å². The van der Waals surface area contributed by atoms with E-state index in [1.54, 1.807) is 0 Å². The third kappa shape index (κ3) is 3.05. The van der Waals surface area contributed by atoms with Crippen molar-refractivity contribution in [2.75, 3.05) is 6.54 Å². The molecule has 1 aliphatic rings. The van der Waals surface area contributed by atoms with Crippen LogP contribution in [0.2, 0.25) is 0 Å². The molecule has 66 valence electrons. The number of nitrogens with two attached hydrogens (primary N) is 1. The quantitative estimate of drug-likeness (QED) is 0.679. The minimum Gasteiger partial charge on any atom is -0.330 e. The Morgan fingerprint density at radius 1 is 1.50 bits per heavy atom. The molecule has 0 fully saturated rings. The van der Waals surface area contributed by atoms with Crippen molar-refractivity contribution in [3.05, 3.63) is 36.0 Å². The fraction of sp³-hybridized carbons (Fsp3) is 0.455. The maximum atomic E-state index is 5.56. The molecular weight excluding hydrogens is 146 g/mol. The molecule has 1 aliphatic carbocycles. The van der Waals surface area contributed by atoms with E-state index in [1.807, 2.05) is 0 Å². The minimum atomic E-state index is 0.590. The van der Waals surface area contributed by atoms with Crippen molar-refractivity contribution in [1.29, 1.82) is 0 Å². The van der Waals surface area contributed by atoms with Crippen molar-refractivity contribution in [2.24, 2.45) is 11.7 Å². The Bertz CT molecular complexity index is 211. The van der Waals surface area contributed by atoms with Crippen LogP contribution in [0.1, 0.15) is 19.8 Å². The van der Waals surface area contributed by atoms with Gasteiger partial charge in [-0.25, -0.2) is 0 Å². The summed E-state index contributed by atoms with van der Waals surface area (Å²) in [7, 11) is 0. The van der Waals surface area contributed by atoms with E-state index in [0.717, 1.165) is 19.4 Å². The van der Waals surface area contributed by atoms with Crippen molar-refractivity contribution in [1.82, 2.24) is 0 Å². The van der Waals surface area contributed by atoms with Crippen LogP contribution in [0.15, 0.2) is 36.0 Å². The number of hydrogen-bond donors (Lipinski definition) is 1. The molecule has 0 saturated heterocycles. The second-order valence-electron chi connectivity index (χ2n) is 3.35. The first-order chi connectivity index (χ1) is 5.83. The van der Waals surface area contributed by atoms with E-state index >= 15 is 0 Å². The fourth-order valence-corrected chi connectivity index (χ4v) is 1.25. The van der Waals surface area contributed by atoms with E-state index in [-0.39, 0.29) is 0 Å². The predicted molar refractivity (Wildman–Crippen MR) is 53.8 cm³/mol. The summed E-state index contributed by atoms with van der Waals surface area (Å²) in [5.74, 6) is 0.590. The van der Waals surface area contributed by atoms with Crippen LogP contribution in [0, 0.1) is 5.92 Å². The molecule has 0 saturated carbocycles. The van der Waals surface area contributed by atoms with Gasteiger partial charge in [0, 0.05) is 0 Å². The van der Waals surface area contributed by atoms with Crippen LogP contribution in [-0.2, 0) is 0 Å². The monoisotopic (exact) mass is 163 g/mol. The summed E-state index contributed by atoms with van der Waals surface area (Å²) < 4.78 is 0. The summed E-state index contributed by atoms with van der Waals surface area (Å²) in [5.41, 5.74) is 6.95. The van der Waals surface area contributed by atoms with Crippen LogP contribution >= 0.6 is 0 Å². The fourth-order valence-electron chi connectivity index (χ4n) is 1.25. The van der Waals surface area contributed by atoms with Gasteiger partial charge in [-0.05, 0) is 30.9 Å². The van der Waals surface area contributed by atoms with Gasteiger partial charge in [0.1, 0.15) is 0 Å². The average molecular weight is 163 g/mol. The SMILES string of the molecule is CC(CN)CC1=CC=CCC=C1. The summed E-state index contributed by atoms with van der Waals surface area (Å²) in [6.07, 6.45) is 13.0. The van der Waals surface area contributed by atoms with E-state index in [0.29, 0.717) is 5.92 Å². The smallest absolute Gasteiger partial charge is 0.00483 e. The Morgan fingerprint density at radius 3 is 3.08 bits per heavy atom. The van der Waals surface area contributed by atoms with Gasteiger partial charge < -0.3 is 5.73 Å². The van der Waals surface area contributed by atoms with Gasteiger partial charge in [0.15, 0.2) is 0 Å². The standard InChI is InChI=1S/C11H17N/c1-10(9-12)8-11-6-4-2-3-5-7-11/h2,4-7,10H,3,8-9,12H2,1H3. The Kier molecular flexibility index (Phi) is 3.81. The Labute approximate surface area is 74.7 Å². The highest BCUT2D eigenvalue weighted by Gasteiger charge is 2.01. The van der Waals surface area contributed by atoms with Crippen molar-refractivity contribution in [3.63, 3.8) is 0 Å². The number of rotatable bonds is 3. The van der Waals surface area contributed by atoms with Crippen molar-refractivity contribution in [2.45, 2.75) is 19.8 Å². The van der Waals surface area contributed by atoms with Crippen molar-refractivity contribution >= 4 is 0 Å². The van der Waals surface area contributed by atoms with Crippen LogP contribution in [0.25, 0.3) is 0 Å².